The van der Waals surface area contributed by atoms with E-state index >= 15 is 0 Å². The predicted octanol–water partition coefficient (Wildman–Crippen LogP) is 3.78. The maximum absolute atomic E-state index is 12.6. The van der Waals surface area contributed by atoms with Crippen molar-refractivity contribution < 1.29 is 9.53 Å². The minimum atomic E-state index is -0.285. The molecule has 3 rings (SSSR count). The Balaban J connectivity index is 1.63. The first-order chi connectivity index (χ1) is 13.0. The second-order valence-electron chi connectivity index (χ2n) is 7.33. The van der Waals surface area contributed by atoms with Crippen LogP contribution >= 0.6 is 12.2 Å². The Labute approximate surface area is 165 Å². The molecule has 2 aromatic rings. The molecule has 0 unspecified atom stereocenters. The van der Waals surface area contributed by atoms with Gasteiger partial charge in [0, 0.05) is 6.04 Å². The smallest absolute Gasteiger partial charge is 0.273 e. The normalized spacial score (nSPS) is 22.1. The number of rotatable bonds is 3. The summed E-state index contributed by atoms with van der Waals surface area (Å²) in [5.74, 6) is 1.47. The van der Waals surface area contributed by atoms with E-state index in [0.717, 1.165) is 17.2 Å². The van der Waals surface area contributed by atoms with Gasteiger partial charge in [-0.3, -0.25) is 15.6 Å². The topological polar surface area (TPSA) is 62.4 Å². The van der Waals surface area contributed by atoms with Crippen LogP contribution in [0, 0.1) is 11.8 Å². The average Bonchev–Trinajstić information content (AvgIpc) is 2.68. The zero-order valence-corrected chi connectivity index (χ0v) is 16.9. The molecule has 1 amide bonds. The quantitative estimate of drug-likeness (QED) is 0.554. The molecule has 3 atom stereocenters. The monoisotopic (exact) mass is 385 g/mol. The molecule has 0 aliphatic heterocycles. The number of nitrogens with one attached hydrogen (secondary N) is 3. The first-order valence-electron chi connectivity index (χ1n) is 9.43. The number of fused-ring (bicyclic) bond motifs is 1. The van der Waals surface area contributed by atoms with Crippen molar-refractivity contribution in [2.45, 2.75) is 39.2 Å². The molecule has 0 bridgehead atoms. The Bertz CT molecular complexity index is 839. The molecule has 144 valence electrons. The number of carbonyl (C=O) groups is 1. The number of ether oxygens (including phenoxy) is 1. The van der Waals surface area contributed by atoms with Crippen LogP contribution in [0.2, 0.25) is 0 Å². The molecule has 0 aromatic heterocycles. The lowest BCUT2D eigenvalue weighted by atomic mass is 9.78. The number of methoxy groups -OCH3 is 1. The molecule has 2 aromatic carbocycles. The van der Waals surface area contributed by atoms with Gasteiger partial charge in [-0.05, 0) is 53.4 Å². The maximum Gasteiger partial charge on any atom is 0.273 e. The Morgan fingerprint density at radius 1 is 1.11 bits per heavy atom. The van der Waals surface area contributed by atoms with Crippen LogP contribution in [0.4, 0.5) is 0 Å². The summed E-state index contributed by atoms with van der Waals surface area (Å²) in [4.78, 5) is 12.6. The van der Waals surface area contributed by atoms with Crippen molar-refractivity contribution in [1.82, 2.24) is 16.2 Å². The molecule has 6 heteroatoms. The van der Waals surface area contributed by atoms with Gasteiger partial charge in [-0.2, -0.15) is 0 Å². The summed E-state index contributed by atoms with van der Waals surface area (Å²) < 4.78 is 5.39. The first-order valence-corrected chi connectivity index (χ1v) is 9.84. The highest BCUT2D eigenvalue weighted by Crippen LogP contribution is 2.29. The molecule has 0 saturated heterocycles. The fraction of sp³-hybridized carbons (Fsp3) is 0.429. The second kappa shape index (κ2) is 8.57. The SMILES string of the molecule is COc1cc2ccccc2cc1C(=O)NNC(=S)N[C@H]1CCC[C@H](C)[C@H]1C. The molecule has 1 aliphatic rings. The van der Waals surface area contributed by atoms with Gasteiger partial charge < -0.3 is 10.1 Å². The molecular weight excluding hydrogens is 358 g/mol. The highest BCUT2D eigenvalue weighted by molar-refractivity contribution is 7.80. The summed E-state index contributed by atoms with van der Waals surface area (Å²) in [5.41, 5.74) is 5.97. The Kier molecular flexibility index (Phi) is 6.16. The van der Waals surface area contributed by atoms with Crippen molar-refractivity contribution in [3.8, 4) is 5.75 Å². The van der Waals surface area contributed by atoms with E-state index in [9.17, 15) is 4.79 Å². The molecule has 0 radical (unpaired) electrons. The van der Waals surface area contributed by atoms with Crippen LogP contribution < -0.4 is 20.9 Å². The minimum absolute atomic E-state index is 0.285. The number of amides is 1. The van der Waals surface area contributed by atoms with E-state index in [-0.39, 0.29) is 5.91 Å². The number of carbonyl (C=O) groups excluding carboxylic acids is 1. The summed E-state index contributed by atoms with van der Waals surface area (Å²) in [7, 11) is 1.56. The average molecular weight is 386 g/mol. The third-order valence-electron chi connectivity index (χ3n) is 5.63. The number of hydrogen-bond acceptors (Lipinski definition) is 3. The standard InChI is InChI=1S/C21H27N3O2S/c1-13-7-6-10-18(14(13)2)22-21(27)24-23-20(25)17-11-15-8-4-5-9-16(15)12-19(17)26-3/h4-5,8-9,11-14,18H,6-7,10H2,1-3H3,(H,23,25)(H2,22,24,27)/t13-,14+,18-/m0/s1. The third-order valence-corrected chi connectivity index (χ3v) is 5.85. The van der Waals surface area contributed by atoms with E-state index in [2.05, 4.69) is 30.0 Å². The summed E-state index contributed by atoms with van der Waals surface area (Å²) in [6, 6.07) is 11.9. The van der Waals surface area contributed by atoms with E-state index in [1.165, 1.54) is 12.8 Å². The van der Waals surface area contributed by atoms with Gasteiger partial charge in [0.15, 0.2) is 5.11 Å². The third kappa shape index (κ3) is 4.50. The molecule has 1 fully saturated rings. The van der Waals surface area contributed by atoms with Crippen molar-refractivity contribution in [1.29, 1.82) is 0 Å². The molecule has 1 aliphatic carbocycles. The van der Waals surface area contributed by atoms with E-state index in [4.69, 9.17) is 17.0 Å². The lowest BCUT2D eigenvalue weighted by Gasteiger charge is -2.35. The van der Waals surface area contributed by atoms with Crippen LogP contribution in [0.1, 0.15) is 43.5 Å². The fourth-order valence-corrected chi connectivity index (χ4v) is 3.94. The number of hydrazine groups is 1. The van der Waals surface area contributed by atoms with Crippen molar-refractivity contribution in [2.75, 3.05) is 7.11 Å². The molecular formula is C21H27N3O2S. The van der Waals surface area contributed by atoms with Crippen LogP contribution in [-0.2, 0) is 0 Å². The van der Waals surface area contributed by atoms with Gasteiger partial charge >= 0.3 is 0 Å². The Morgan fingerprint density at radius 3 is 2.52 bits per heavy atom. The van der Waals surface area contributed by atoms with Gasteiger partial charge in [0.25, 0.3) is 5.91 Å². The zero-order valence-electron chi connectivity index (χ0n) is 16.0. The van der Waals surface area contributed by atoms with Crippen LogP contribution in [0.25, 0.3) is 10.8 Å². The largest absolute Gasteiger partial charge is 0.496 e. The molecule has 1 saturated carbocycles. The predicted molar refractivity (Wildman–Crippen MR) is 113 cm³/mol. The van der Waals surface area contributed by atoms with Crippen LogP contribution in [-0.4, -0.2) is 24.2 Å². The van der Waals surface area contributed by atoms with Crippen molar-refractivity contribution in [3.05, 3.63) is 42.0 Å². The molecule has 5 nitrogen and oxygen atoms in total. The number of thiocarbonyl (C=S) groups is 1. The highest BCUT2D eigenvalue weighted by Gasteiger charge is 2.27. The summed E-state index contributed by atoms with van der Waals surface area (Å²) in [5, 5.41) is 5.78. The second-order valence-corrected chi connectivity index (χ2v) is 7.73. The summed E-state index contributed by atoms with van der Waals surface area (Å²) in [6.07, 6.45) is 3.56. The van der Waals surface area contributed by atoms with Gasteiger partial charge in [-0.25, -0.2) is 0 Å². The minimum Gasteiger partial charge on any atom is -0.496 e. The molecule has 27 heavy (non-hydrogen) atoms. The van der Waals surface area contributed by atoms with Crippen molar-refractivity contribution in [3.63, 3.8) is 0 Å². The zero-order chi connectivity index (χ0) is 19.4. The van der Waals surface area contributed by atoms with E-state index in [1.54, 1.807) is 7.11 Å². The number of benzene rings is 2. The molecule has 3 N–H and O–H groups in total. The van der Waals surface area contributed by atoms with Gasteiger partial charge in [0.2, 0.25) is 0 Å². The van der Waals surface area contributed by atoms with E-state index in [0.29, 0.717) is 34.3 Å². The Hall–Kier alpha value is -2.34. The lowest BCUT2D eigenvalue weighted by Crippen LogP contribution is -2.52. The summed E-state index contributed by atoms with van der Waals surface area (Å²) >= 11 is 5.36. The Morgan fingerprint density at radius 2 is 1.81 bits per heavy atom. The van der Waals surface area contributed by atoms with Crippen molar-refractivity contribution >= 4 is 34.0 Å². The van der Waals surface area contributed by atoms with Crippen LogP contribution in [0.3, 0.4) is 0 Å². The first kappa shape index (κ1) is 19.4. The molecule has 0 spiro atoms. The number of hydrogen-bond donors (Lipinski definition) is 3. The van der Waals surface area contributed by atoms with Crippen LogP contribution in [0.15, 0.2) is 36.4 Å². The summed E-state index contributed by atoms with van der Waals surface area (Å²) in [6.45, 7) is 4.53. The van der Waals surface area contributed by atoms with E-state index in [1.807, 2.05) is 36.4 Å². The van der Waals surface area contributed by atoms with Gasteiger partial charge in [0.1, 0.15) is 5.75 Å². The van der Waals surface area contributed by atoms with Crippen molar-refractivity contribution in [2.24, 2.45) is 11.8 Å². The highest BCUT2D eigenvalue weighted by atomic mass is 32.1. The molecule has 0 heterocycles. The van der Waals surface area contributed by atoms with Gasteiger partial charge in [-0.15, -0.1) is 0 Å². The van der Waals surface area contributed by atoms with E-state index < -0.39 is 0 Å². The lowest BCUT2D eigenvalue weighted by molar-refractivity contribution is 0.0940. The van der Waals surface area contributed by atoms with Crippen LogP contribution in [0.5, 0.6) is 5.75 Å². The van der Waals surface area contributed by atoms with Gasteiger partial charge in [-0.1, -0.05) is 51.0 Å². The maximum atomic E-state index is 12.6. The van der Waals surface area contributed by atoms with Gasteiger partial charge in [0.05, 0.1) is 12.7 Å². The fourth-order valence-electron chi connectivity index (χ4n) is 3.74.